The Labute approximate surface area is 211 Å². The van der Waals surface area contributed by atoms with Crippen LogP contribution in [-0.2, 0) is 14.4 Å². The summed E-state index contributed by atoms with van der Waals surface area (Å²) in [6.45, 7) is 5.33. The molecule has 2 aliphatic heterocycles. The maximum absolute atomic E-state index is 13.7. The first-order valence-electron chi connectivity index (χ1n) is 12.9. The molecule has 8 nitrogen and oxygen atoms in total. The minimum Gasteiger partial charge on any atom is -0.341 e. The van der Waals surface area contributed by atoms with Gasteiger partial charge in [0.2, 0.25) is 17.7 Å². The molecule has 4 atom stereocenters. The normalized spacial score (nSPS) is 24.6. The van der Waals surface area contributed by atoms with E-state index in [0.29, 0.717) is 44.6 Å². The van der Waals surface area contributed by atoms with Crippen LogP contribution in [0.3, 0.4) is 0 Å². The van der Waals surface area contributed by atoms with Crippen molar-refractivity contribution >= 4 is 29.4 Å². The van der Waals surface area contributed by atoms with Crippen molar-refractivity contribution in [3.63, 3.8) is 0 Å². The molecule has 2 saturated heterocycles. The van der Waals surface area contributed by atoms with Crippen LogP contribution >= 0.6 is 0 Å². The van der Waals surface area contributed by atoms with Crippen molar-refractivity contribution in [2.24, 2.45) is 23.7 Å². The minimum absolute atomic E-state index is 0.0393. The highest BCUT2D eigenvalue weighted by atomic mass is 19.1. The lowest BCUT2D eigenvalue weighted by molar-refractivity contribution is -0.153. The molecule has 9 heteroatoms. The molecular weight excluding hydrogens is 463 g/mol. The van der Waals surface area contributed by atoms with Gasteiger partial charge < -0.3 is 15.5 Å². The number of fused-ring (bicyclic) bond motifs is 1. The summed E-state index contributed by atoms with van der Waals surface area (Å²) >= 11 is 0. The van der Waals surface area contributed by atoms with Gasteiger partial charge in [0.25, 0.3) is 0 Å². The summed E-state index contributed by atoms with van der Waals surface area (Å²) in [5.41, 5.74) is 0.361. The fourth-order valence-electron chi connectivity index (χ4n) is 5.52. The van der Waals surface area contributed by atoms with E-state index in [0.717, 1.165) is 12.8 Å². The van der Waals surface area contributed by atoms with Crippen molar-refractivity contribution < 1.29 is 23.6 Å². The molecule has 0 radical (unpaired) electrons. The molecule has 2 N–H and O–H groups in total. The number of nitrogens with one attached hydrogen (secondary N) is 2. The second-order valence-electron chi connectivity index (χ2n) is 10.5. The van der Waals surface area contributed by atoms with Crippen LogP contribution in [0.2, 0.25) is 0 Å². The Morgan fingerprint density at radius 3 is 2.44 bits per heavy atom. The number of allylic oxidation sites excluding steroid dienone is 2. The molecule has 0 spiro atoms. The zero-order chi connectivity index (χ0) is 25.8. The molecule has 0 bridgehead atoms. The maximum Gasteiger partial charge on any atom is 0.319 e. The van der Waals surface area contributed by atoms with Crippen LogP contribution in [-0.4, -0.2) is 59.2 Å². The van der Waals surface area contributed by atoms with E-state index in [1.807, 2.05) is 26.0 Å². The Balaban J connectivity index is 1.38. The summed E-state index contributed by atoms with van der Waals surface area (Å²) in [4.78, 5) is 55.4. The van der Waals surface area contributed by atoms with E-state index in [-0.39, 0.29) is 41.4 Å². The van der Waals surface area contributed by atoms with Gasteiger partial charge in [-0.3, -0.25) is 19.3 Å². The van der Waals surface area contributed by atoms with Crippen molar-refractivity contribution in [3.8, 4) is 0 Å². The summed E-state index contributed by atoms with van der Waals surface area (Å²) in [5, 5.41) is 5.42. The highest BCUT2D eigenvalue weighted by molar-refractivity contribution is 6.08. The first kappa shape index (κ1) is 25.9. The number of anilines is 1. The number of rotatable bonds is 7. The summed E-state index contributed by atoms with van der Waals surface area (Å²) in [6.07, 6.45) is 7.03. The van der Waals surface area contributed by atoms with E-state index in [1.165, 1.54) is 23.1 Å². The van der Waals surface area contributed by atoms with Crippen LogP contribution in [0.15, 0.2) is 36.4 Å². The highest BCUT2D eigenvalue weighted by Gasteiger charge is 2.51. The molecule has 1 aromatic carbocycles. The number of nitrogens with zero attached hydrogens (tertiary/aromatic N) is 2. The van der Waals surface area contributed by atoms with Crippen LogP contribution in [0.5, 0.6) is 0 Å². The van der Waals surface area contributed by atoms with Gasteiger partial charge in [0.05, 0.1) is 11.8 Å². The van der Waals surface area contributed by atoms with E-state index in [2.05, 4.69) is 10.6 Å². The SMILES string of the molecule is CC(C)CC(C(=O)N1CCCC(CNC(=O)Nc2cccc(F)c2)C1)N1C(=O)C2CC=CCC2C1=O. The topological polar surface area (TPSA) is 98.8 Å². The molecule has 4 unspecified atom stereocenters. The van der Waals surface area contributed by atoms with E-state index in [1.54, 1.807) is 11.0 Å². The first-order valence-corrected chi connectivity index (χ1v) is 12.9. The largest absolute Gasteiger partial charge is 0.341 e. The molecular formula is C27H35FN4O4. The number of piperidine rings is 1. The van der Waals surface area contributed by atoms with Crippen LogP contribution in [0.4, 0.5) is 14.9 Å². The monoisotopic (exact) mass is 498 g/mol. The van der Waals surface area contributed by atoms with Gasteiger partial charge in [0, 0.05) is 25.3 Å². The quantitative estimate of drug-likeness (QED) is 0.444. The van der Waals surface area contributed by atoms with Crippen LogP contribution in [0, 0.1) is 29.5 Å². The molecule has 2 fully saturated rings. The summed E-state index contributed by atoms with van der Waals surface area (Å²) < 4.78 is 13.3. The fourth-order valence-corrected chi connectivity index (χ4v) is 5.52. The number of imide groups is 1. The Kier molecular flexibility index (Phi) is 8.06. The molecule has 2 heterocycles. The van der Waals surface area contributed by atoms with E-state index in [4.69, 9.17) is 0 Å². The molecule has 0 saturated carbocycles. The average Bonchev–Trinajstić information content (AvgIpc) is 3.11. The number of urea groups is 1. The third-order valence-electron chi connectivity index (χ3n) is 7.30. The average molecular weight is 499 g/mol. The summed E-state index contributed by atoms with van der Waals surface area (Å²) in [7, 11) is 0. The van der Waals surface area contributed by atoms with Gasteiger partial charge in [-0.1, -0.05) is 32.1 Å². The molecule has 36 heavy (non-hydrogen) atoms. The predicted molar refractivity (Wildman–Crippen MR) is 133 cm³/mol. The second-order valence-corrected chi connectivity index (χ2v) is 10.5. The minimum atomic E-state index is -0.793. The van der Waals surface area contributed by atoms with Gasteiger partial charge >= 0.3 is 6.03 Å². The van der Waals surface area contributed by atoms with Crippen LogP contribution < -0.4 is 10.6 Å². The van der Waals surface area contributed by atoms with Gasteiger partial charge in [-0.25, -0.2) is 9.18 Å². The maximum atomic E-state index is 13.7. The van der Waals surface area contributed by atoms with Gasteiger partial charge in [0.1, 0.15) is 11.9 Å². The molecule has 4 rings (SSSR count). The predicted octanol–water partition coefficient (Wildman–Crippen LogP) is 3.55. The second kappa shape index (κ2) is 11.2. The Morgan fingerprint density at radius 1 is 1.11 bits per heavy atom. The van der Waals surface area contributed by atoms with Crippen molar-refractivity contribution in [3.05, 3.63) is 42.2 Å². The third kappa shape index (κ3) is 5.77. The molecule has 194 valence electrons. The lowest BCUT2D eigenvalue weighted by Gasteiger charge is -2.37. The first-order chi connectivity index (χ1) is 17.2. The highest BCUT2D eigenvalue weighted by Crippen LogP contribution is 2.37. The Bertz CT molecular complexity index is 1020. The molecule has 1 aromatic rings. The zero-order valence-corrected chi connectivity index (χ0v) is 20.9. The van der Waals surface area contributed by atoms with Crippen molar-refractivity contribution in [2.45, 2.75) is 52.0 Å². The lowest BCUT2D eigenvalue weighted by Crippen LogP contribution is -2.54. The van der Waals surface area contributed by atoms with Gasteiger partial charge in [-0.05, 0) is 62.1 Å². The lowest BCUT2D eigenvalue weighted by atomic mass is 9.85. The fraction of sp³-hybridized carbons (Fsp3) is 0.556. The number of carbonyl (C=O) groups excluding carboxylic acids is 4. The third-order valence-corrected chi connectivity index (χ3v) is 7.30. The Hall–Kier alpha value is -3.23. The number of halogens is 1. The molecule has 5 amide bonds. The van der Waals surface area contributed by atoms with Crippen LogP contribution in [0.25, 0.3) is 0 Å². The Morgan fingerprint density at radius 2 is 1.81 bits per heavy atom. The van der Waals surface area contributed by atoms with Gasteiger partial charge in [-0.2, -0.15) is 0 Å². The summed E-state index contributed by atoms with van der Waals surface area (Å²) in [6, 6.07) is 4.43. The standard InChI is InChI=1S/C27H35FN4O4/c1-17(2)13-23(32-24(33)21-10-3-4-11-22(21)25(32)34)26(35)31-12-6-7-18(16-31)15-29-27(36)30-20-9-5-8-19(28)14-20/h3-5,8-9,14,17-18,21-23H,6-7,10-13,15-16H2,1-2H3,(H2,29,30,36). The van der Waals surface area contributed by atoms with E-state index < -0.39 is 17.9 Å². The van der Waals surface area contributed by atoms with Crippen molar-refractivity contribution in [2.75, 3.05) is 25.0 Å². The number of carbonyl (C=O) groups is 4. The van der Waals surface area contributed by atoms with Crippen molar-refractivity contribution in [1.82, 2.24) is 15.1 Å². The van der Waals surface area contributed by atoms with E-state index in [9.17, 15) is 23.6 Å². The van der Waals surface area contributed by atoms with Crippen molar-refractivity contribution in [1.29, 1.82) is 0 Å². The zero-order valence-electron chi connectivity index (χ0n) is 20.9. The number of benzene rings is 1. The molecule has 1 aliphatic carbocycles. The summed E-state index contributed by atoms with van der Waals surface area (Å²) in [5.74, 6) is -1.62. The van der Waals surface area contributed by atoms with Gasteiger partial charge in [-0.15, -0.1) is 0 Å². The number of hydrogen-bond acceptors (Lipinski definition) is 4. The number of hydrogen-bond donors (Lipinski definition) is 2. The molecule has 3 aliphatic rings. The smallest absolute Gasteiger partial charge is 0.319 e. The number of likely N-dealkylation sites (tertiary alicyclic amines) is 2. The van der Waals surface area contributed by atoms with Crippen LogP contribution in [0.1, 0.15) is 46.0 Å². The molecule has 0 aromatic heterocycles. The number of amides is 5. The van der Waals surface area contributed by atoms with E-state index >= 15 is 0 Å². The van der Waals surface area contributed by atoms with Gasteiger partial charge in [0.15, 0.2) is 0 Å².